The molecular weight excluding hydrogens is 593 g/mol. The summed E-state index contributed by atoms with van der Waals surface area (Å²) >= 11 is 1.87. The normalized spacial score (nSPS) is 13.8. The number of anilines is 1. The van der Waals surface area contributed by atoms with E-state index in [0.29, 0.717) is 17.5 Å². The highest BCUT2D eigenvalue weighted by Crippen LogP contribution is 2.50. The lowest BCUT2D eigenvalue weighted by atomic mass is 9.98. The van der Waals surface area contributed by atoms with Gasteiger partial charge in [-0.2, -0.15) is 0 Å². The Morgan fingerprint density at radius 3 is 1.77 bits per heavy atom. The summed E-state index contributed by atoms with van der Waals surface area (Å²) in [5.74, 6) is 1.95. The van der Waals surface area contributed by atoms with Gasteiger partial charge >= 0.3 is 0 Å². The van der Waals surface area contributed by atoms with Crippen LogP contribution in [0.1, 0.15) is 10.9 Å². The molecule has 1 unspecified atom stereocenters. The molecular formula is C42H28N4S. The van der Waals surface area contributed by atoms with Crippen LogP contribution in [-0.2, 0) is 0 Å². The van der Waals surface area contributed by atoms with Gasteiger partial charge in [-0.1, -0.05) is 151 Å². The zero-order chi connectivity index (χ0) is 31.2. The van der Waals surface area contributed by atoms with Gasteiger partial charge in [-0.25, -0.2) is 15.0 Å². The molecule has 1 atom stereocenters. The van der Waals surface area contributed by atoms with Crippen LogP contribution in [0.4, 0.5) is 5.69 Å². The van der Waals surface area contributed by atoms with E-state index in [9.17, 15) is 0 Å². The van der Waals surface area contributed by atoms with Crippen molar-refractivity contribution >= 4 is 39.0 Å². The van der Waals surface area contributed by atoms with Gasteiger partial charge in [0, 0.05) is 27.0 Å². The number of hydrogen-bond acceptors (Lipinski definition) is 5. The first kappa shape index (κ1) is 27.5. The van der Waals surface area contributed by atoms with Crippen molar-refractivity contribution in [2.24, 2.45) is 0 Å². The Balaban J connectivity index is 1.16. The van der Waals surface area contributed by atoms with E-state index >= 15 is 0 Å². The second-order valence-corrected chi connectivity index (χ2v) is 12.9. The number of nitrogens with one attached hydrogen (secondary N) is 1. The molecule has 9 rings (SSSR count). The third kappa shape index (κ3) is 5.11. The van der Waals surface area contributed by atoms with Crippen LogP contribution in [0.15, 0.2) is 163 Å². The summed E-state index contributed by atoms with van der Waals surface area (Å²) in [5.41, 5.74) is 7.61. The maximum Gasteiger partial charge on any atom is 0.164 e. The fraction of sp³-hybridized carbons (Fsp3) is 0.0238. The average molecular weight is 621 g/mol. The quantitative estimate of drug-likeness (QED) is 0.194. The van der Waals surface area contributed by atoms with Gasteiger partial charge in [0.15, 0.2) is 17.5 Å². The molecule has 0 radical (unpaired) electrons. The van der Waals surface area contributed by atoms with Crippen molar-refractivity contribution in [3.63, 3.8) is 0 Å². The van der Waals surface area contributed by atoms with Crippen molar-refractivity contribution in [2.75, 3.05) is 5.32 Å². The maximum atomic E-state index is 5.07. The van der Waals surface area contributed by atoms with Gasteiger partial charge in [-0.05, 0) is 51.0 Å². The summed E-state index contributed by atoms with van der Waals surface area (Å²) in [5, 5.41) is 8.84. The van der Waals surface area contributed by atoms with Crippen LogP contribution in [0, 0.1) is 0 Å². The molecule has 47 heavy (non-hydrogen) atoms. The van der Waals surface area contributed by atoms with Crippen molar-refractivity contribution in [3.8, 4) is 45.3 Å². The number of rotatable bonds is 5. The zero-order valence-electron chi connectivity index (χ0n) is 25.3. The zero-order valence-corrected chi connectivity index (χ0v) is 26.2. The van der Waals surface area contributed by atoms with Crippen molar-refractivity contribution in [1.29, 1.82) is 0 Å². The number of fused-ring (bicyclic) bond motifs is 5. The summed E-state index contributed by atoms with van der Waals surface area (Å²) in [4.78, 5) is 16.3. The fourth-order valence-corrected chi connectivity index (χ4v) is 7.55. The van der Waals surface area contributed by atoms with Crippen LogP contribution in [0.2, 0.25) is 0 Å². The van der Waals surface area contributed by atoms with Gasteiger partial charge in [0.05, 0.1) is 5.69 Å². The Morgan fingerprint density at radius 2 is 1.02 bits per heavy atom. The van der Waals surface area contributed by atoms with Crippen molar-refractivity contribution < 1.29 is 0 Å². The first-order valence-corrected chi connectivity index (χ1v) is 16.6. The first-order valence-electron chi connectivity index (χ1n) is 15.7. The minimum atomic E-state index is 0.187. The molecule has 0 saturated heterocycles. The van der Waals surface area contributed by atoms with Crippen LogP contribution in [0.3, 0.4) is 0 Å². The molecule has 0 amide bonds. The molecule has 222 valence electrons. The summed E-state index contributed by atoms with van der Waals surface area (Å²) in [6.45, 7) is 0. The molecule has 7 aromatic carbocycles. The van der Waals surface area contributed by atoms with Gasteiger partial charge in [-0.15, -0.1) is 0 Å². The Kier molecular flexibility index (Phi) is 6.76. The van der Waals surface area contributed by atoms with E-state index in [4.69, 9.17) is 15.0 Å². The maximum absolute atomic E-state index is 5.07. The average Bonchev–Trinajstić information content (AvgIpc) is 3.60. The molecule has 0 spiro atoms. The molecule has 1 aromatic heterocycles. The molecule has 0 aliphatic carbocycles. The van der Waals surface area contributed by atoms with Crippen LogP contribution in [-0.4, -0.2) is 15.0 Å². The third-order valence-corrected chi connectivity index (χ3v) is 9.96. The second kappa shape index (κ2) is 11.5. The molecule has 0 fully saturated rings. The van der Waals surface area contributed by atoms with E-state index in [1.165, 1.54) is 32.3 Å². The summed E-state index contributed by atoms with van der Waals surface area (Å²) in [6.07, 6.45) is 0. The predicted octanol–water partition coefficient (Wildman–Crippen LogP) is 11.1. The molecule has 5 heteroatoms. The van der Waals surface area contributed by atoms with E-state index in [1.807, 2.05) is 48.2 Å². The highest BCUT2D eigenvalue weighted by atomic mass is 32.2. The molecule has 1 aliphatic rings. The number of aromatic nitrogens is 3. The molecule has 1 N–H and O–H groups in total. The molecule has 8 aromatic rings. The van der Waals surface area contributed by atoms with Gasteiger partial charge in [0.1, 0.15) is 5.37 Å². The standard InChI is InChI=1S/C42H28N4S/c1-4-11-27(12-5-1)31-17-10-18-33(25-31)40-44-39(29-13-6-2-7-14-29)45-41(46-40)34-21-23-35-32(26-34)20-19-28-22-24-36-38(37(28)35)43-42(47-36)30-15-8-3-9-16-30/h1-26,42-43H. The number of hydrogen-bond donors (Lipinski definition) is 1. The Morgan fingerprint density at radius 1 is 0.447 bits per heavy atom. The van der Waals surface area contributed by atoms with Crippen molar-refractivity contribution in [1.82, 2.24) is 15.0 Å². The molecule has 4 nitrogen and oxygen atoms in total. The Hall–Kier alpha value is -5.78. The minimum Gasteiger partial charge on any atom is -0.368 e. The minimum absolute atomic E-state index is 0.187. The smallest absolute Gasteiger partial charge is 0.164 e. The van der Waals surface area contributed by atoms with E-state index in [2.05, 4.69) is 127 Å². The lowest BCUT2D eigenvalue weighted by molar-refractivity contribution is 1.07. The summed E-state index contributed by atoms with van der Waals surface area (Å²) in [6, 6.07) is 55.1. The Labute approximate surface area is 277 Å². The summed E-state index contributed by atoms with van der Waals surface area (Å²) < 4.78 is 0. The van der Waals surface area contributed by atoms with Gasteiger partial charge in [-0.3, -0.25) is 0 Å². The number of benzene rings is 7. The topological polar surface area (TPSA) is 50.7 Å². The van der Waals surface area contributed by atoms with E-state index < -0.39 is 0 Å². The molecule has 0 bridgehead atoms. The first-order chi connectivity index (χ1) is 23.3. The largest absolute Gasteiger partial charge is 0.368 e. The highest BCUT2D eigenvalue weighted by Gasteiger charge is 2.25. The van der Waals surface area contributed by atoms with Crippen LogP contribution in [0.5, 0.6) is 0 Å². The molecule has 2 heterocycles. The lowest BCUT2D eigenvalue weighted by Gasteiger charge is -2.13. The SMILES string of the molecule is c1ccc(-c2cccc(-c3nc(-c4ccccc4)nc(-c4ccc5c(ccc6ccc7c(c65)NC(c5ccccc5)S7)c4)n3)c2)cc1. The lowest BCUT2D eigenvalue weighted by Crippen LogP contribution is -2.01. The highest BCUT2D eigenvalue weighted by molar-refractivity contribution is 8.00. The van der Waals surface area contributed by atoms with E-state index in [0.717, 1.165) is 33.2 Å². The molecule has 1 aliphatic heterocycles. The van der Waals surface area contributed by atoms with Gasteiger partial charge in [0.2, 0.25) is 0 Å². The second-order valence-electron chi connectivity index (χ2n) is 11.7. The van der Waals surface area contributed by atoms with Crippen molar-refractivity contribution in [3.05, 3.63) is 163 Å². The van der Waals surface area contributed by atoms with E-state index in [-0.39, 0.29) is 5.37 Å². The van der Waals surface area contributed by atoms with Crippen LogP contribution in [0.25, 0.3) is 66.8 Å². The number of thioether (sulfide) groups is 1. The predicted molar refractivity (Wildman–Crippen MR) is 195 cm³/mol. The van der Waals surface area contributed by atoms with Gasteiger partial charge < -0.3 is 5.32 Å². The Bertz CT molecular complexity index is 2410. The third-order valence-electron chi connectivity index (χ3n) is 8.74. The van der Waals surface area contributed by atoms with Gasteiger partial charge in [0.25, 0.3) is 0 Å². The van der Waals surface area contributed by atoms with Crippen LogP contribution < -0.4 is 5.32 Å². The summed E-state index contributed by atoms with van der Waals surface area (Å²) in [7, 11) is 0. The van der Waals surface area contributed by atoms with Crippen molar-refractivity contribution in [2.45, 2.75) is 10.3 Å². The van der Waals surface area contributed by atoms with E-state index in [1.54, 1.807) is 0 Å². The fourth-order valence-electron chi connectivity index (χ4n) is 6.40. The monoisotopic (exact) mass is 620 g/mol. The molecule has 0 saturated carbocycles. The van der Waals surface area contributed by atoms with Crippen LogP contribution >= 0.6 is 11.8 Å². The number of nitrogens with zero attached hydrogens (tertiary/aromatic N) is 3.